The zero-order valence-electron chi connectivity index (χ0n) is 9.19. The number of benzene rings is 1. The van der Waals surface area contributed by atoms with Gasteiger partial charge in [-0.2, -0.15) is 0 Å². The topological polar surface area (TPSA) is 27.7 Å². The highest BCUT2D eigenvalue weighted by Crippen LogP contribution is 1.92. The molecule has 0 aliphatic heterocycles. The van der Waals surface area contributed by atoms with Gasteiger partial charge in [0.15, 0.2) is 0 Å². The number of ether oxygens (including phenoxy) is 3. The van der Waals surface area contributed by atoms with Crippen LogP contribution in [0.1, 0.15) is 5.56 Å². The summed E-state index contributed by atoms with van der Waals surface area (Å²) < 4.78 is 13.8. The maximum atomic E-state index is 4.60. The lowest BCUT2D eigenvalue weighted by molar-refractivity contribution is -0.252. The van der Waals surface area contributed by atoms with Crippen LogP contribution in [-0.2, 0) is 14.2 Å². The van der Waals surface area contributed by atoms with E-state index in [1.54, 1.807) is 0 Å². The van der Waals surface area contributed by atoms with Gasteiger partial charge in [0.2, 0.25) is 0 Å². The lowest BCUT2D eigenvalue weighted by atomic mass is 10.2. The van der Waals surface area contributed by atoms with Gasteiger partial charge in [0.25, 0.3) is 6.48 Å². The van der Waals surface area contributed by atoms with Gasteiger partial charge < -0.3 is 14.2 Å². The quantitative estimate of drug-likeness (QED) is 0.697. The van der Waals surface area contributed by atoms with Crippen molar-refractivity contribution < 1.29 is 14.2 Å². The molecule has 3 nitrogen and oxygen atoms in total. The smallest absolute Gasteiger partial charge is 0.270 e. The number of rotatable bonds is 3. The summed E-state index contributed by atoms with van der Waals surface area (Å²) in [6.45, 7) is 1.57. The predicted octanol–water partition coefficient (Wildman–Crippen LogP) is 2.20. The van der Waals surface area contributed by atoms with Crippen LogP contribution in [-0.4, -0.2) is 27.8 Å². The first-order chi connectivity index (χ1) is 6.74. The van der Waals surface area contributed by atoms with Crippen LogP contribution in [0.15, 0.2) is 30.3 Å². The van der Waals surface area contributed by atoms with E-state index in [0.29, 0.717) is 0 Å². The van der Waals surface area contributed by atoms with Crippen LogP contribution in [0.2, 0.25) is 0 Å². The summed E-state index contributed by atoms with van der Waals surface area (Å²) in [5.74, 6) is 0. The second kappa shape index (κ2) is 8.69. The summed E-state index contributed by atoms with van der Waals surface area (Å²) in [5, 5.41) is 0. The van der Waals surface area contributed by atoms with Gasteiger partial charge in [0.1, 0.15) is 0 Å². The Hall–Kier alpha value is -0.900. The Morgan fingerprint density at radius 2 is 1.29 bits per heavy atom. The average molecular weight is 198 g/mol. The first-order valence-corrected chi connectivity index (χ1v) is 4.34. The molecule has 0 atom stereocenters. The fourth-order valence-corrected chi connectivity index (χ4v) is 0.823. The van der Waals surface area contributed by atoms with Crippen LogP contribution >= 0.6 is 0 Å². The highest BCUT2D eigenvalue weighted by atomic mass is 16.8. The maximum absolute atomic E-state index is 4.60. The van der Waals surface area contributed by atoms with Crippen molar-refractivity contribution in [3.05, 3.63) is 35.9 Å². The van der Waals surface area contributed by atoms with E-state index in [4.69, 9.17) is 0 Å². The molecule has 1 rings (SSSR count). The molecule has 0 amide bonds. The van der Waals surface area contributed by atoms with Crippen molar-refractivity contribution >= 4 is 0 Å². The van der Waals surface area contributed by atoms with Crippen LogP contribution in [0.4, 0.5) is 0 Å². The molecule has 0 radical (unpaired) electrons. The molecule has 0 aliphatic carbocycles. The van der Waals surface area contributed by atoms with E-state index >= 15 is 0 Å². The molecular formula is C11H18O3. The van der Waals surface area contributed by atoms with E-state index in [-0.39, 0.29) is 0 Å². The minimum atomic E-state index is -0.514. The van der Waals surface area contributed by atoms with Crippen LogP contribution in [0.3, 0.4) is 0 Å². The summed E-state index contributed by atoms with van der Waals surface area (Å²) in [5.41, 5.74) is 1.32. The molecule has 14 heavy (non-hydrogen) atoms. The molecule has 0 heterocycles. The van der Waals surface area contributed by atoms with E-state index in [1.807, 2.05) is 18.2 Å². The zero-order valence-corrected chi connectivity index (χ0v) is 9.19. The average Bonchev–Trinajstić information content (AvgIpc) is 2.22. The molecule has 0 aliphatic rings. The Balaban J connectivity index is 0.000000241. The molecule has 3 heteroatoms. The van der Waals surface area contributed by atoms with E-state index in [0.717, 1.165) is 0 Å². The van der Waals surface area contributed by atoms with Crippen molar-refractivity contribution in [3.8, 4) is 0 Å². The molecule has 80 valence electrons. The van der Waals surface area contributed by atoms with E-state index in [1.165, 1.54) is 26.9 Å². The summed E-state index contributed by atoms with van der Waals surface area (Å²) in [7, 11) is 4.53. The third kappa shape index (κ3) is 6.60. The van der Waals surface area contributed by atoms with Crippen molar-refractivity contribution in [2.24, 2.45) is 0 Å². The Labute approximate surface area is 85.6 Å². The third-order valence-corrected chi connectivity index (χ3v) is 1.52. The summed E-state index contributed by atoms with van der Waals surface area (Å²) >= 11 is 0. The fourth-order valence-electron chi connectivity index (χ4n) is 0.823. The van der Waals surface area contributed by atoms with E-state index in [9.17, 15) is 0 Å². The zero-order chi connectivity index (χ0) is 10.8. The standard InChI is InChI=1S/C7H8.C4H10O3/c1-7-5-3-2-4-6-7;1-5-4(6-2)7-3/h2-6H,1H3;4H,1-3H3. The largest absolute Gasteiger partial charge is 0.333 e. The first kappa shape index (κ1) is 13.1. The number of hydrogen-bond acceptors (Lipinski definition) is 3. The molecule has 1 aromatic rings. The number of methoxy groups -OCH3 is 3. The van der Waals surface area contributed by atoms with Crippen molar-refractivity contribution in [3.63, 3.8) is 0 Å². The van der Waals surface area contributed by atoms with Crippen LogP contribution in [0.25, 0.3) is 0 Å². The molecule has 0 saturated heterocycles. The Kier molecular flexibility index (Phi) is 8.13. The molecule has 1 aromatic carbocycles. The van der Waals surface area contributed by atoms with Crippen molar-refractivity contribution in [2.75, 3.05) is 21.3 Å². The van der Waals surface area contributed by atoms with Gasteiger partial charge in [0.05, 0.1) is 0 Å². The molecule has 0 N–H and O–H groups in total. The second-order valence-electron chi connectivity index (χ2n) is 2.65. The van der Waals surface area contributed by atoms with Gasteiger partial charge >= 0.3 is 0 Å². The molecular weight excluding hydrogens is 180 g/mol. The summed E-state index contributed by atoms with van der Waals surface area (Å²) in [4.78, 5) is 0. The summed E-state index contributed by atoms with van der Waals surface area (Å²) in [6.07, 6.45) is 0. The van der Waals surface area contributed by atoms with Gasteiger partial charge in [0, 0.05) is 21.3 Å². The maximum Gasteiger partial charge on any atom is 0.270 e. The van der Waals surface area contributed by atoms with E-state index in [2.05, 4.69) is 33.3 Å². The van der Waals surface area contributed by atoms with Crippen LogP contribution in [0.5, 0.6) is 0 Å². The lowest BCUT2D eigenvalue weighted by Crippen LogP contribution is -2.14. The lowest BCUT2D eigenvalue weighted by Gasteiger charge is -2.08. The van der Waals surface area contributed by atoms with Crippen LogP contribution in [0, 0.1) is 6.92 Å². The Morgan fingerprint density at radius 1 is 0.857 bits per heavy atom. The molecule has 0 aromatic heterocycles. The SMILES string of the molecule is COC(OC)OC.Cc1ccccc1. The van der Waals surface area contributed by atoms with Gasteiger partial charge in [-0.05, 0) is 6.92 Å². The van der Waals surface area contributed by atoms with E-state index < -0.39 is 6.48 Å². The van der Waals surface area contributed by atoms with Gasteiger partial charge in [-0.1, -0.05) is 35.9 Å². The van der Waals surface area contributed by atoms with Crippen molar-refractivity contribution in [2.45, 2.75) is 13.4 Å². The van der Waals surface area contributed by atoms with Gasteiger partial charge in [-0.25, -0.2) is 0 Å². The molecule has 0 spiro atoms. The molecule has 0 bridgehead atoms. The van der Waals surface area contributed by atoms with Crippen molar-refractivity contribution in [1.29, 1.82) is 0 Å². The Morgan fingerprint density at radius 3 is 1.43 bits per heavy atom. The highest BCUT2D eigenvalue weighted by molar-refractivity contribution is 5.11. The molecule has 0 fully saturated rings. The van der Waals surface area contributed by atoms with Crippen LogP contribution < -0.4 is 0 Å². The normalized spacial score (nSPS) is 9.50. The number of hydrogen-bond donors (Lipinski definition) is 0. The minimum Gasteiger partial charge on any atom is -0.333 e. The Bertz CT molecular complexity index is 202. The van der Waals surface area contributed by atoms with Gasteiger partial charge in [-0.3, -0.25) is 0 Å². The summed E-state index contributed by atoms with van der Waals surface area (Å²) in [6, 6.07) is 10.3. The number of aryl methyl sites for hydroxylation is 1. The predicted molar refractivity (Wildman–Crippen MR) is 56.0 cm³/mol. The third-order valence-electron chi connectivity index (χ3n) is 1.52. The monoisotopic (exact) mass is 198 g/mol. The molecule has 0 unspecified atom stereocenters. The fraction of sp³-hybridized carbons (Fsp3) is 0.455. The minimum absolute atomic E-state index is 0.514. The van der Waals surface area contributed by atoms with Gasteiger partial charge in [-0.15, -0.1) is 0 Å². The molecule has 0 saturated carbocycles. The highest BCUT2D eigenvalue weighted by Gasteiger charge is 1.96. The second-order valence-corrected chi connectivity index (χ2v) is 2.65. The van der Waals surface area contributed by atoms with Crippen molar-refractivity contribution in [1.82, 2.24) is 0 Å². The first-order valence-electron chi connectivity index (χ1n) is 4.34.